The van der Waals surface area contributed by atoms with Crippen molar-refractivity contribution in [1.29, 1.82) is 0 Å². The number of hydrogen-bond donors (Lipinski definition) is 2. The van der Waals surface area contributed by atoms with E-state index in [1.54, 1.807) is 0 Å². The first-order chi connectivity index (χ1) is 5.64. The Hall–Kier alpha value is -0.120. The van der Waals surface area contributed by atoms with Gasteiger partial charge < -0.3 is 15.6 Å². The first kappa shape index (κ1) is 7.30. The molecule has 4 rings (SSSR count). The van der Waals surface area contributed by atoms with Crippen LogP contribution in [0.5, 0.6) is 0 Å². The van der Waals surface area contributed by atoms with E-state index in [4.69, 9.17) is 15.6 Å². The molecule has 1 spiro atoms. The molecular formula is C9H15NO2. The minimum absolute atomic E-state index is 0.0320. The predicted molar refractivity (Wildman–Crippen MR) is 43.6 cm³/mol. The Morgan fingerprint density at radius 3 is 2.25 bits per heavy atom. The van der Waals surface area contributed by atoms with Crippen LogP contribution in [0.3, 0.4) is 0 Å². The van der Waals surface area contributed by atoms with Crippen molar-refractivity contribution in [3.05, 3.63) is 0 Å². The Morgan fingerprint density at radius 1 is 1.33 bits per heavy atom. The van der Waals surface area contributed by atoms with Gasteiger partial charge in [-0.05, 0) is 32.1 Å². The Labute approximate surface area is 71.9 Å². The highest BCUT2D eigenvalue weighted by Crippen LogP contribution is 2.65. The highest BCUT2D eigenvalue weighted by Gasteiger charge is 2.74. The number of aliphatic hydroxyl groups is 1. The Morgan fingerprint density at radius 2 is 2.00 bits per heavy atom. The lowest BCUT2D eigenvalue weighted by Gasteiger charge is -2.48. The van der Waals surface area contributed by atoms with Gasteiger partial charge in [-0.25, -0.2) is 0 Å². The van der Waals surface area contributed by atoms with Crippen LogP contribution >= 0.6 is 0 Å². The van der Waals surface area contributed by atoms with Crippen molar-refractivity contribution in [1.82, 2.24) is 0 Å². The van der Waals surface area contributed by atoms with E-state index in [2.05, 4.69) is 0 Å². The first-order valence-corrected chi connectivity index (χ1v) is 4.74. The minimum Gasteiger partial charge on any atom is -0.393 e. The van der Waals surface area contributed by atoms with Gasteiger partial charge in [0.15, 0.2) is 0 Å². The molecule has 3 nitrogen and oxygen atoms in total. The van der Waals surface area contributed by atoms with Crippen molar-refractivity contribution in [2.75, 3.05) is 6.61 Å². The van der Waals surface area contributed by atoms with E-state index in [0.29, 0.717) is 0 Å². The van der Waals surface area contributed by atoms with Gasteiger partial charge in [0.25, 0.3) is 0 Å². The molecule has 2 aliphatic carbocycles. The summed E-state index contributed by atoms with van der Waals surface area (Å²) >= 11 is 0. The number of hydrogen-bond acceptors (Lipinski definition) is 3. The molecule has 0 radical (unpaired) electrons. The zero-order chi connectivity index (χ0) is 8.45. The average Bonchev–Trinajstić information content (AvgIpc) is 2.31. The third kappa shape index (κ3) is 0.543. The van der Waals surface area contributed by atoms with Gasteiger partial charge in [0.1, 0.15) is 0 Å². The molecule has 2 saturated heterocycles. The molecule has 2 aliphatic heterocycles. The lowest BCUT2D eigenvalue weighted by molar-refractivity contribution is -0.125. The quantitative estimate of drug-likeness (QED) is 0.588. The van der Waals surface area contributed by atoms with Gasteiger partial charge in [0.05, 0.1) is 23.3 Å². The third-order valence-corrected chi connectivity index (χ3v) is 4.04. The third-order valence-electron chi connectivity index (χ3n) is 4.04. The van der Waals surface area contributed by atoms with E-state index in [-0.39, 0.29) is 23.3 Å². The summed E-state index contributed by atoms with van der Waals surface area (Å²) in [6.45, 7) is 0.147. The van der Waals surface area contributed by atoms with E-state index < -0.39 is 0 Å². The molecule has 2 heterocycles. The maximum Gasteiger partial charge on any atom is 0.0957 e. The van der Waals surface area contributed by atoms with Crippen LogP contribution in [0.15, 0.2) is 0 Å². The summed E-state index contributed by atoms with van der Waals surface area (Å²) in [6.07, 6.45) is 5.18. The van der Waals surface area contributed by atoms with Gasteiger partial charge in [0, 0.05) is 0 Å². The lowest BCUT2D eigenvalue weighted by atomic mass is 9.57. The first-order valence-electron chi connectivity index (χ1n) is 4.74. The second kappa shape index (κ2) is 1.72. The molecule has 4 aliphatic rings. The fourth-order valence-corrected chi connectivity index (χ4v) is 3.25. The maximum atomic E-state index is 9.15. The molecule has 0 aromatic heterocycles. The molecule has 3 heteroatoms. The van der Waals surface area contributed by atoms with Gasteiger partial charge in [0.2, 0.25) is 0 Å². The molecule has 12 heavy (non-hydrogen) atoms. The van der Waals surface area contributed by atoms with Crippen molar-refractivity contribution >= 4 is 0 Å². The molecule has 4 fully saturated rings. The summed E-state index contributed by atoms with van der Waals surface area (Å²) in [7, 11) is 0. The van der Waals surface area contributed by atoms with Crippen LogP contribution in [0, 0.1) is 0 Å². The largest absolute Gasteiger partial charge is 0.393 e. The highest BCUT2D eigenvalue weighted by molar-refractivity contribution is 5.28. The summed E-state index contributed by atoms with van der Waals surface area (Å²) in [4.78, 5) is 0. The Kier molecular flexibility index (Phi) is 1.04. The molecular weight excluding hydrogens is 154 g/mol. The van der Waals surface area contributed by atoms with Gasteiger partial charge in [-0.3, -0.25) is 0 Å². The number of rotatable bonds is 1. The zero-order valence-electron chi connectivity index (χ0n) is 7.18. The second-order valence-corrected chi connectivity index (χ2v) is 4.80. The molecule has 0 atom stereocenters. The van der Waals surface area contributed by atoms with E-state index in [1.165, 1.54) is 6.42 Å². The van der Waals surface area contributed by atoms with Crippen LogP contribution in [-0.2, 0) is 4.74 Å². The predicted octanol–water partition coefficient (Wildman–Crippen LogP) is 0.162. The van der Waals surface area contributed by atoms with Gasteiger partial charge >= 0.3 is 0 Å². The van der Waals surface area contributed by atoms with E-state index >= 15 is 0 Å². The monoisotopic (exact) mass is 169 g/mol. The standard InChI is InChI=1S/C9H15NO2/c10-8-4-7(5-8,6-11)12-9(8)2-1-3-9/h11H,1-6,10H2. The fraction of sp³-hybridized carbons (Fsp3) is 1.00. The number of ether oxygens (including phenoxy) is 1. The zero-order valence-corrected chi connectivity index (χ0v) is 7.18. The SMILES string of the molecule is NC12CC(CO)(C1)OC21CCC1. The number of nitrogens with two attached hydrogens (primary N) is 1. The van der Waals surface area contributed by atoms with Crippen molar-refractivity contribution < 1.29 is 9.84 Å². The molecule has 0 amide bonds. The van der Waals surface area contributed by atoms with E-state index in [9.17, 15) is 0 Å². The Balaban J connectivity index is 1.92. The molecule has 2 bridgehead atoms. The summed E-state index contributed by atoms with van der Waals surface area (Å²) < 4.78 is 5.92. The van der Waals surface area contributed by atoms with Crippen LogP contribution in [0.1, 0.15) is 32.1 Å². The smallest absolute Gasteiger partial charge is 0.0957 e. The fourth-order valence-electron chi connectivity index (χ4n) is 3.25. The lowest BCUT2D eigenvalue weighted by Crippen LogP contribution is -2.64. The van der Waals surface area contributed by atoms with Crippen molar-refractivity contribution in [2.45, 2.75) is 48.8 Å². The van der Waals surface area contributed by atoms with Crippen LogP contribution in [0.4, 0.5) is 0 Å². The summed E-state index contributed by atoms with van der Waals surface area (Å²) in [5, 5.41) is 9.15. The highest BCUT2D eigenvalue weighted by atomic mass is 16.6. The molecule has 0 unspecified atom stereocenters. The van der Waals surface area contributed by atoms with Crippen LogP contribution < -0.4 is 5.73 Å². The number of aliphatic hydroxyl groups excluding tert-OH is 1. The van der Waals surface area contributed by atoms with E-state index in [1.807, 2.05) is 0 Å². The minimum atomic E-state index is -0.241. The average molecular weight is 169 g/mol. The molecule has 0 aromatic carbocycles. The van der Waals surface area contributed by atoms with Crippen LogP contribution in [-0.4, -0.2) is 28.5 Å². The maximum absolute atomic E-state index is 9.15. The van der Waals surface area contributed by atoms with Crippen LogP contribution in [0.2, 0.25) is 0 Å². The molecule has 3 N–H and O–H groups in total. The van der Waals surface area contributed by atoms with Gasteiger partial charge in [-0.15, -0.1) is 0 Å². The Bertz CT molecular complexity index is 229. The summed E-state index contributed by atoms with van der Waals surface area (Å²) in [5.74, 6) is 0. The van der Waals surface area contributed by atoms with Gasteiger partial charge in [-0.1, -0.05) is 0 Å². The van der Waals surface area contributed by atoms with E-state index in [0.717, 1.165) is 25.7 Å². The van der Waals surface area contributed by atoms with Crippen molar-refractivity contribution in [3.63, 3.8) is 0 Å². The topological polar surface area (TPSA) is 55.5 Å². The van der Waals surface area contributed by atoms with Crippen molar-refractivity contribution in [2.24, 2.45) is 5.73 Å². The second-order valence-electron chi connectivity index (χ2n) is 4.80. The molecule has 0 aromatic rings. The molecule has 68 valence electrons. The van der Waals surface area contributed by atoms with Crippen LogP contribution in [0.25, 0.3) is 0 Å². The van der Waals surface area contributed by atoms with Gasteiger partial charge in [-0.2, -0.15) is 0 Å². The summed E-state index contributed by atoms with van der Waals surface area (Å²) in [5.41, 5.74) is 5.85. The summed E-state index contributed by atoms with van der Waals surface area (Å²) in [6, 6.07) is 0. The molecule has 2 saturated carbocycles. The van der Waals surface area contributed by atoms with Crippen molar-refractivity contribution in [3.8, 4) is 0 Å². The normalized spacial score (nSPS) is 53.5.